The average molecular weight is 288 g/mol. The van der Waals surface area contributed by atoms with E-state index in [4.69, 9.17) is 9.84 Å². The van der Waals surface area contributed by atoms with Crippen LogP contribution in [0.25, 0.3) is 0 Å². The highest BCUT2D eigenvalue weighted by molar-refractivity contribution is 9.10. The van der Waals surface area contributed by atoms with Crippen LogP contribution in [-0.4, -0.2) is 30.1 Å². The van der Waals surface area contributed by atoms with Crippen LogP contribution in [-0.2, 0) is 9.59 Å². The van der Waals surface area contributed by atoms with Gasteiger partial charge in [-0.2, -0.15) is 0 Å². The Bertz CT molecular complexity index is 377. The Labute approximate surface area is 101 Å². The van der Waals surface area contributed by atoms with Gasteiger partial charge in [0, 0.05) is 4.47 Å². The van der Waals surface area contributed by atoms with E-state index in [9.17, 15) is 9.59 Å². The number of amides is 1. The fourth-order valence-electron chi connectivity index (χ4n) is 0.905. The van der Waals surface area contributed by atoms with E-state index < -0.39 is 18.4 Å². The van der Waals surface area contributed by atoms with Gasteiger partial charge in [-0.3, -0.25) is 9.59 Å². The smallest absolute Gasteiger partial charge is 0.322 e. The minimum atomic E-state index is -1.09. The molecular formula is C10H10BrNO4. The normalized spacial score (nSPS) is 9.56. The van der Waals surface area contributed by atoms with Gasteiger partial charge in [0.2, 0.25) is 0 Å². The standard InChI is InChI=1S/C10H10BrNO4/c11-7-1-3-8(4-2-7)16-6-9(13)12-5-10(14)15/h1-4H,5-6H2,(H,12,13)(H,14,15). The summed E-state index contributed by atoms with van der Waals surface area (Å²) in [5, 5.41) is 10.5. The second-order valence-corrected chi connectivity index (χ2v) is 3.83. The molecule has 1 amide bonds. The van der Waals surface area contributed by atoms with Crippen molar-refractivity contribution in [2.24, 2.45) is 0 Å². The van der Waals surface area contributed by atoms with Gasteiger partial charge in [-0.15, -0.1) is 0 Å². The number of halogens is 1. The maximum atomic E-state index is 11.1. The summed E-state index contributed by atoms with van der Waals surface area (Å²) in [6.07, 6.45) is 0. The molecule has 0 aliphatic rings. The minimum Gasteiger partial charge on any atom is -0.484 e. The highest BCUT2D eigenvalue weighted by atomic mass is 79.9. The van der Waals surface area contributed by atoms with Gasteiger partial charge in [0.25, 0.3) is 5.91 Å². The van der Waals surface area contributed by atoms with Crippen LogP contribution in [0.4, 0.5) is 0 Å². The topological polar surface area (TPSA) is 75.6 Å². The van der Waals surface area contributed by atoms with Gasteiger partial charge in [0.1, 0.15) is 12.3 Å². The van der Waals surface area contributed by atoms with E-state index in [0.29, 0.717) is 5.75 Å². The molecule has 1 aromatic carbocycles. The second kappa shape index (κ2) is 6.12. The summed E-state index contributed by atoms with van der Waals surface area (Å²) in [5.74, 6) is -1.00. The number of carbonyl (C=O) groups excluding carboxylic acids is 1. The summed E-state index contributed by atoms with van der Waals surface area (Å²) in [4.78, 5) is 21.2. The monoisotopic (exact) mass is 287 g/mol. The number of carboxylic acid groups (broad SMARTS) is 1. The number of carboxylic acids is 1. The molecule has 6 heteroatoms. The van der Waals surface area contributed by atoms with Crippen molar-refractivity contribution in [1.29, 1.82) is 0 Å². The zero-order valence-electron chi connectivity index (χ0n) is 8.27. The Morgan fingerprint density at radius 2 is 1.94 bits per heavy atom. The Morgan fingerprint density at radius 3 is 2.50 bits per heavy atom. The second-order valence-electron chi connectivity index (χ2n) is 2.91. The van der Waals surface area contributed by atoms with Gasteiger partial charge in [-0.25, -0.2) is 0 Å². The van der Waals surface area contributed by atoms with Crippen LogP contribution in [0.2, 0.25) is 0 Å². The maximum Gasteiger partial charge on any atom is 0.322 e. The van der Waals surface area contributed by atoms with Crippen molar-refractivity contribution in [2.45, 2.75) is 0 Å². The third-order valence-corrected chi connectivity index (χ3v) is 2.15. The summed E-state index contributed by atoms with van der Waals surface area (Å²) in [6, 6.07) is 6.97. The van der Waals surface area contributed by atoms with E-state index in [1.807, 2.05) is 0 Å². The first-order valence-corrected chi connectivity index (χ1v) is 5.24. The lowest BCUT2D eigenvalue weighted by atomic mass is 10.3. The summed E-state index contributed by atoms with van der Waals surface area (Å²) in [5.41, 5.74) is 0. The maximum absolute atomic E-state index is 11.1. The molecule has 0 bridgehead atoms. The van der Waals surface area contributed by atoms with Crippen molar-refractivity contribution in [3.63, 3.8) is 0 Å². The van der Waals surface area contributed by atoms with Crippen molar-refractivity contribution in [2.75, 3.05) is 13.2 Å². The van der Waals surface area contributed by atoms with Crippen LogP contribution in [0.5, 0.6) is 5.75 Å². The molecule has 0 aliphatic heterocycles. The van der Waals surface area contributed by atoms with Crippen molar-refractivity contribution in [1.82, 2.24) is 5.32 Å². The van der Waals surface area contributed by atoms with E-state index in [-0.39, 0.29) is 6.61 Å². The molecule has 0 spiro atoms. The van der Waals surface area contributed by atoms with E-state index >= 15 is 0 Å². The largest absolute Gasteiger partial charge is 0.484 e. The number of ether oxygens (including phenoxy) is 1. The number of rotatable bonds is 5. The summed E-state index contributed by atoms with van der Waals surface area (Å²) < 4.78 is 6.04. The van der Waals surface area contributed by atoms with E-state index in [2.05, 4.69) is 21.2 Å². The lowest BCUT2D eigenvalue weighted by Gasteiger charge is -2.05. The van der Waals surface area contributed by atoms with E-state index in [0.717, 1.165) is 4.47 Å². The third kappa shape index (κ3) is 4.79. The SMILES string of the molecule is O=C(O)CNC(=O)COc1ccc(Br)cc1. The Kier molecular flexibility index (Phi) is 4.78. The molecule has 0 radical (unpaired) electrons. The molecule has 0 aliphatic carbocycles. The Morgan fingerprint density at radius 1 is 1.31 bits per heavy atom. The molecule has 86 valence electrons. The van der Waals surface area contributed by atoms with Gasteiger partial charge in [0.05, 0.1) is 0 Å². The fraction of sp³-hybridized carbons (Fsp3) is 0.200. The molecule has 0 saturated carbocycles. The molecular weight excluding hydrogens is 278 g/mol. The van der Waals surface area contributed by atoms with Crippen molar-refractivity contribution < 1.29 is 19.4 Å². The van der Waals surface area contributed by atoms with Crippen LogP contribution >= 0.6 is 15.9 Å². The predicted octanol–water partition coefficient (Wildman–Crippen LogP) is 1.03. The molecule has 0 saturated heterocycles. The van der Waals surface area contributed by atoms with Crippen molar-refractivity contribution in [3.8, 4) is 5.75 Å². The highest BCUT2D eigenvalue weighted by Crippen LogP contribution is 2.15. The van der Waals surface area contributed by atoms with Crippen LogP contribution in [0, 0.1) is 0 Å². The van der Waals surface area contributed by atoms with Crippen LogP contribution < -0.4 is 10.1 Å². The molecule has 0 unspecified atom stereocenters. The minimum absolute atomic E-state index is 0.199. The Balaban J connectivity index is 2.31. The molecule has 0 fully saturated rings. The van der Waals surface area contributed by atoms with Gasteiger partial charge in [-0.1, -0.05) is 15.9 Å². The average Bonchev–Trinajstić information content (AvgIpc) is 2.25. The lowest BCUT2D eigenvalue weighted by Crippen LogP contribution is -2.33. The van der Waals surface area contributed by atoms with Gasteiger partial charge < -0.3 is 15.2 Å². The first-order chi connectivity index (χ1) is 7.58. The molecule has 1 rings (SSSR count). The van der Waals surface area contributed by atoms with E-state index in [1.165, 1.54) is 0 Å². The predicted molar refractivity (Wildman–Crippen MR) is 60.3 cm³/mol. The van der Waals surface area contributed by atoms with Crippen LogP contribution in [0.1, 0.15) is 0 Å². The molecule has 0 heterocycles. The highest BCUT2D eigenvalue weighted by Gasteiger charge is 2.04. The number of aliphatic carboxylic acids is 1. The van der Waals surface area contributed by atoms with Gasteiger partial charge in [-0.05, 0) is 24.3 Å². The fourth-order valence-corrected chi connectivity index (χ4v) is 1.17. The molecule has 16 heavy (non-hydrogen) atoms. The summed E-state index contributed by atoms with van der Waals surface area (Å²) in [6.45, 7) is -0.600. The van der Waals surface area contributed by atoms with Gasteiger partial charge in [0.15, 0.2) is 6.61 Å². The van der Waals surface area contributed by atoms with Crippen molar-refractivity contribution >= 4 is 27.8 Å². The zero-order chi connectivity index (χ0) is 12.0. The number of carbonyl (C=O) groups is 2. The van der Waals surface area contributed by atoms with Crippen LogP contribution in [0.3, 0.4) is 0 Å². The number of hydrogen-bond acceptors (Lipinski definition) is 3. The molecule has 0 atom stereocenters. The summed E-state index contributed by atoms with van der Waals surface area (Å²) >= 11 is 3.27. The molecule has 2 N–H and O–H groups in total. The van der Waals surface area contributed by atoms with Crippen molar-refractivity contribution in [3.05, 3.63) is 28.7 Å². The first kappa shape index (κ1) is 12.5. The Hall–Kier alpha value is -1.56. The molecule has 1 aromatic rings. The quantitative estimate of drug-likeness (QED) is 0.848. The number of benzene rings is 1. The zero-order valence-corrected chi connectivity index (χ0v) is 9.86. The number of hydrogen-bond donors (Lipinski definition) is 2. The number of nitrogens with one attached hydrogen (secondary N) is 1. The molecule has 0 aromatic heterocycles. The van der Waals surface area contributed by atoms with E-state index in [1.54, 1.807) is 24.3 Å². The summed E-state index contributed by atoms with van der Waals surface area (Å²) in [7, 11) is 0. The molecule has 5 nitrogen and oxygen atoms in total. The first-order valence-electron chi connectivity index (χ1n) is 4.45. The van der Waals surface area contributed by atoms with Crippen LogP contribution in [0.15, 0.2) is 28.7 Å². The third-order valence-electron chi connectivity index (χ3n) is 1.62. The van der Waals surface area contributed by atoms with Gasteiger partial charge >= 0.3 is 5.97 Å². The lowest BCUT2D eigenvalue weighted by molar-refractivity contribution is -0.138.